The molecular formula is C17H28N4O2. The first kappa shape index (κ1) is 16.6. The largest absolute Gasteiger partial charge is 0.377 e. The van der Waals surface area contributed by atoms with Crippen LogP contribution in [0.15, 0.2) is 16.2 Å². The Kier molecular flexibility index (Phi) is 5.46. The zero-order valence-corrected chi connectivity index (χ0v) is 14.5. The van der Waals surface area contributed by atoms with Gasteiger partial charge >= 0.3 is 0 Å². The Balaban J connectivity index is 1.61. The van der Waals surface area contributed by atoms with Crippen molar-refractivity contribution in [2.45, 2.75) is 45.9 Å². The summed E-state index contributed by atoms with van der Waals surface area (Å²) >= 11 is 0. The summed E-state index contributed by atoms with van der Waals surface area (Å²) in [5.41, 5.74) is 1.40. The van der Waals surface area contributed by atoms with Gasteiger partial charge in [0.15, 0.2) is 5.82 Å². The van der Waals surface area contributed by atoms with Gasteiger partial charge in [-0.1, -0.05) is 16.8 Å². The minimum Gasteiger partial charge on any atom is -0.377 e. The van der Waals surface area contributed by atoms with Gasteiger partial charge in [-0.25, -0.2) is 0 Å². The maximum atomic E-state index is 5.35. The monoisotopic (exact) mass is 320 g/mol. The van der Waals surface area contributed by atoms with E-state index in [4.69, 9.17) is 9.26 Å². The van der Waals surface area contributed by atoms with Gasteiger partial charge in [0.25, 0.3) is 0 Å². The molecule has 2 bridgehead atoms. The summed E-state index contributed by atoms with van der Waals surface area (Å²) in [6, 6.07) is 0.644. The first-order chi connectivity index (χ1) is 11.1. The summed E-state index contributed by atoms with van der Waals surface area (Å²) in [6.07, 6.45) is 4.99. The maximum absolute atomic E-state index is 5.35. The highest BCUT2D eigenvalue weighted by atomic mass is 16.5. The van der Waals surface area contributed by atoms with Gasteiger partial charge < -0.3 is 9.26 Å². The number of fused-ring (bicyclic) bond motifs is 4. The molecule has 2 atom stereocenters. The van der Waals surface area contributed by atoms with Crippen molar-refractivity contribution >= 4 is 0 Å². The number of ether oxygens (including phenoxy) is 1. The molecule has 23 heavy (non-hydrogen) atoms. The van der Waals surface area contributed by atoms with E-state index in [0.29, 0.717) is 24.4 Å². The summed E-state index contributed by atoms with van der Waals surface area (Å²) in [4.78, 5) is 9.53. The van der Waals surface area contributed by atoms with Crippen LogP contribution in [0.2, 0.25) is 0 Å². The van der Waals surface area contributed by atoms with E-state index in [9.17, 15) is 0 Å². The Morgan fingerprint density at radius 3 is 2.96 bits per heavy atom. The average Bonchev–Trinajstić information content (AvgIpc) is 2.77. The van der Waals surface area contributed by atoms with Crippen molar-refractivity contribution in [1.29, 1.82) is 0 Å². The fraction of sp³-hybridized carbons (Fsp3) is 0.765. The summed E-state index contributed by atoms with van der Waals surface area (Å²) in [7, 11) is 1.64. The lowest BCUT2D eigenvalue weighted by atomic mass is 9.95. The van der Waals surface area contributed by atoms with Crippen molar-refractivity contribution in [2.24, 2.45) is 5.92 Å². The molecule has 0 N–H and O–H groups in total. The van der Waals surface area contributed by atoms with E-state index in [1.165, 1.54) is 25.0 Å². The zero-order chi connectivity index (χ0) is 16.2. The summed E-state index contributed by atoms with van der Waals surface area (Å²) < 4.78 is 10.4. The fourth-order valence-corrected chi connectivity index (χ4v) is 3.66. The van der Waals surface area contributed by atoms with E-state index in [2.05, 4.69) is 39.9 Å². The fourth-order valence-electron chi connectivity index (χ4n) is 3.66. The molecule has 3 fully saturated rings. The molecule has 4 rings (SSSR count). The number of rotatable bonds is 6. The Labute approximate surface area is 138 Å². The third kappa shape index (κ3) is 4.40. The lowest BCUT2D eigenvalue weighted by molar-refractivity contribution is 0.145. The molecule has 0 unspecified atom stereocenters. The highest BCUT2D eigenvalue weighted by Gasteiger charge is 2.34. The van der Waals surface area contributed by atoms with Gasteiger partial charge in [-0.15, -0.1) is 0 Å². The van der Waals surface area contributed by atoms with Gasteiger partial charge in [-0.2, -0.15) is 4.98 Å². The molecule has 6 heteroatoms. The first-order valence-corrected chi connectivity index (χ1v) is 8.54. The van der Waals surface area contributed by atoms with Crippen molar-refractivity contribution in [2.75, 3.05) is 33.3 Å². The predicted octanol–water partition coefficient (Wildman–Crippen LogP) is 2.08. The topological polar surface area (TPSA) is 54.6 Å². The van der Waals surface area contributed by atoms with E-state index < -0.39 is 0 Å². The molecule has 0 aromatic carbocycles. The number of nitrogens with zero attached hydrogens (tertiary/aromatic N) is 4. The highest BCUT2D eigenvalue weighted by molar-refractivity contribution is 4.99. The first-order valence-electron chi connectivity index (χ1n) is 8.54. The van der Waals surface area contributed by atoms with Crippen molar-refractivity contribution in [3.05, 3.63) is 23.4 Å². The van der Waals surface area contributed by atoms with Crippen molar-refractivity contribution in [1.82, 2.24) is 19.9 Å². The lowest BCUT2D eigenvalue weighted by Gasteiger charge is -2.35. The second kappa shape index (κ2) is 7.55. The third-order valence-corrected chi connectivity index (χ3v) is 4.78. The predicted molar refractivity (Wildman–Crippen MR) is 87.8 cm³/mol. The van der Waals surface area contributed by atoms with E-state index in [0.717, 1.165) is 32.1 Å². The van der Waals surface area contributed by atoms with Crippen LogP contribution in [0.1, 0.15) is 38.4 Å². The Bertz CT molecular complexity index is 538. The van der Waals surface area contributed by atoms with E-state index >= 15 is 0 Å². The number of aromatic nitrogens is 2. The molecule has 0 aliphatic carbocycles. The standard InChI is InChI=1S/C17H28N4O2/c1-13(2)6-7-21-9-14-4-5-15(21)10-20(8-14)11-17-18-16(12-22-3)19-23-17/h6,14-15H,4-5,7-12H2,1-3H3/t14-,15+/m0/s1. The molecular weight excluding hydrogens is 292 g/mol. The molecule has 1 aromatic heterocycles. The van der Waals surface area contributed by atoms with Gasteiger partial charge in [0, 0.05) is 39.3 Å². The van der Waals surface area contributed by atoms with Crippen LogP contribution in [0.25, 0.3) is 0 Å². The smallest absolute Gasteiger partial charge is 0.240 e. The van der Waals surface area contributed by atoms with Crippen LogP contribution in [0, 0.1) is 5.92 Å². The molecule has 4 heterocycles. The summed E-state index contributed by atoms with van der Waals surface area (Å²) in [5.74, 6) is 2.08. The Morgan fingerprint density at radius 1 is 1.30 bits per heavy atom. The second-order valence-electron chi connectivity index (χ2n) is 7.06. The normalized spacial score (nSPS) is 25.5. The quantitative estimate of drug-likeness (QED) is 0.748. The van der Waals surface area contributed by atoms with Gasteiger partial charge in [0.1, 0.15) is 6.61 Å². The van der Waals surface area contributed by atoms with Crippen LogP contribution in [-0.4, -0.2) is 59.3 Å². The number of hydrogen-bond donors (Lipinski definition) is 0. The Hall–Kier alpha value is -1.24. The van der Waals surface area contributed by atoms with Gasteiger partial charge in [-0.3, -0.25) is 9.80 Å². The molecule has 128 valence electrons. The molecule has 0 radical (unpaired) electrons. The summed E-state index contributed by atoms with van der Waals surface area (Å²) in [6.45, 7) is 10.0. The molecule has 6 nitrogen and oxygen atoms in total. The number of allylic oxidation sites excluding steroid dienone is 1. The van der Waals surface area contributed by atoms with Gasteiger partial charge in [-0.05, 0) is 32.6 Å². The molecule has 3 aliphatic heterocycles. The van der Waals surface area contributed by atoms with Crippen LogP contribution in [0.4, 0.5) is 0 Å². The van der Waals surface area contributed by atoms with Crippen LogP contribution in [0.3, 0.4) is 0 Å². The van der Waals surface area contributed by atoms with Crippen molar-refractivity contribution in [3.63, 3.8) is 0 Å². The average molecular weight is 320 g/mol. The number of methoxy groups -OCH3 is 1. The number of hydrogen-bond acceptors (Lipinski definition) is 6. The van der Waals surface area contributed by atoms with E-state index in [-0.39, 0.29) is 0 Å². The molecule has 3 aliphatic rings. The minimum absolute atomic E-state index is 0.408. The van der Waals surface area contributed by atoms with E-state index in [1.54, 1.807) is 7.11 Å². The highest BCUT2D eigenvalue weighted by Crippen LogP contribution is 2.28. The zero-order valence-electron chi connectivity index (χ0n) is 14.5. The van der Waals surface area contributed by atoms with Crippen LogP contribution < -0.4 is 0 Å². The number of piperidine rings is 1. The molecule has 3 saturated heterocycles. The van der Waals surface area contributed by atoms with Gasteiger partial charge in [0.2, 0.25) is 5.89 Å². The van der Waals surface area contributed by atoms with Crippen molar-refractivity contribution in [3.8, 4) is 0 Å². The van der Waals surface area contributed by atoms with E-state index in [1.807, 2.05) is 0 Å². The molecule has 0 saturated carbocycles. The van der Waals surface area contributed by atoms with Crippen LogP contribution >= 0.6 is 0 Å². The molecule has 0 spiro atoms. The maximum Gasteiger partial charge on any atom is 0.240 e. The van der Waals surface area contributed by atoms with Crippen molar-refractivity contribution < 1.29 is 9.26 Å². The molecule has 1 aromatic rings. The summed E-state index contributed by atoms with van der Waals surface area (Å²) in [5, 5.41) is 3.96. The molecule has 0 amide bonds. The SMILES string of the molecule is COCc1noc(CN2C[C@@H]3CC[C@H](C2)N(CC=C(C)C)C3)n1. The minimum atomic E-state index is 0.408. The third-order valence-electron chi connectivity index (χ3n) is 4.78. The van der Waals surface area contributed by atoms with Crippen LogP contribution in [-0.2, 0) is 17.9 Å². The van der Waals surface area contributed by atoms with Gasteiger partial charge in [0.05, 0.1) is 6.54 Å². The Morgan fingerprint density at radius 2 is 2.17 bits per heavy atom. The second-order valence-corrected chi connectivity index (χ2v) is 7.06. The van der Waals surface area contributed by atoms with Crippen LogP contribution in [0.5, 0.6) is 0 Å². The lowest BCUT2D eigenvalue weighted by Crippen LogP contribution is -2.43.